The molecule has 7 aliphatic rings. The maximum absolute atomic E-state index is 11.3. The van der Waals surface area contributed by atoms with Gasteiger partial charge in [-0.05, 0) is 129 Å². The monoisotopic (exact) mass is 518 g/mol. The fraction of sp³-hybridized carbons (Fsp3) is 0.771. The van der Waals surface area contributed by atoms with Crippen LogP contribution in [-0.4, -0.2) is 33.6 Å². The summed E-state index contributed by atoms with van der Waals surface area (Å²) in [6.07, 6.45) is 18.8. The third-order valence-corrected chi connectivity index (χ3v) is 12.3. The molecule has 208 valence electrons. The highest BCUT2D eigenvalue weighted by Crippen LogP contribution is 2.62. The Bertz CT molecular complexity index is 1020. The minimum absolute atomic E-state index is 0.0999. The highest BCUT2D eigenvalue weighted by molar-refractivity contribution is 5.38. The van der Waals surface area contributed by atoms with Crippen molar-refractivity contribution in [1.82, 2.24) is 0 Å². The molecule has 3 nitrogen and oxygen atoms in total. The van der Waals surface area contributed by atoms with Gasteiger partial charge >= 0.3 is 0 Å². The van der Waals surface area contributed by atoms with Gasteiger partial charge in [-0.1, -0.05) is 44.1 Å². The first-order chi connectivity index (χ1) is 18.2. The molecule has 3 N–H and O–H groups in total. The Morgan fingerprint density at radius 2 is 1.71 bits per heavy atom. The lowest BCUT2D eigenvalue weighted by atomic mass is 9.48. The summed E-state index contributed by atoms with van der Waals surface area (Å²) in [4.78, 5) is 0. The highest BCUT2D eigenvalue weighted by atomic mass is 16.3. The van der Waals surface area contributed by atoms with Gasteiger partial charge < -0.3 is 15.3 Å². The highest BCUT2D eigenvalue weighted by Gasteiger charge is 2.54. The molecule has 4 bridgehead atoms. The molecule has 0 aliphatic heterocycles. The average molecular weight is 519 g/mol. The van der Waals surface area contributed by atoms with Crippen LogP contribution in [0.4, 0.5) is 0 Å². The maximum Gasteiger partial charge on any atom is 0.120 e. The molecule has 0 unspecified atom stereocenters. The molecule has 7 aliphatic carbocycles. The van der Waals surface area contributed by atoms with Crippen molar-refractivity contribution in [2.24, 2.45) is 46.3 Å². The number of hydrogen-bond donors (Lipinski definition) is 3. The molecular formula is C35H50O3. The van der Waals surface area contributed by atoms with Gasteiger partial charge in [0.1, 0.15) is 6.10 Å². The predicted octanol–water partition coefficient (Wildman–Crippen LogP) is 6.73. The minimum atomic E-state index is -0.626. The second-order valence-corrected chi connectivity index (χ2v) is 14.8. The van der Waals surface area contributed by atoms with E-state index >= 15 is 0 Å². The minimum Gasteiger partial charge on any atom is -0.393 e. The Balaban J connectivity index is 1.11. The zero-order valence-electron chi connectivity index (χ0n) is 23.8. The quantitative estimate of drug-likeness (QED) is 0.362. The Hall–Kier alpha value is -1.34. The van der Waals surface area contributed by atoms with Gasteiger partial charge in [0.05, 0.1) is 12.2 Å². The van der Waals surface area contributed by atoms with Crippen molar-refractivity contribution < 1.29 is 15.3 Å². The van der Waals surface area contributed by atoms with Crippen molar-refractivity contribution in [2.75, 3.05) is 0 Å². The van der Waals surface area contributed by atoms with Crippen LogP contribution in [0.3, 0.4) is 0 Å². The molecule has 7 saturated carbocycles. The van der Waals surface area contributed by atoms with Crippen LogP contribution in [0.25, 0.3) is 0 Å². The zero-order valence-corrected chi connectivity index (χ0v) is 23.8. The fourth-order valence-corrected chi connectivity index (χ4v) is 10.8. The first-order valence-corrected chi connectivity index (χ1v) is 15.8. The number of aliphatic hydroxyl groups is 3. The van der Waals surface area contributed by atoms with Crippen LogP contribution in [0.2, 0.25) is 0 Å². The summed E-state index contributed by atoms with van der Waals surface area (Å²) < 4.78 is 0. The van der Waals surface area contributed by atoms with Crippen molar-refractivity contribution >= 4 is 0 Å². The lowest BCUT2D eigenvalue weighted by Crippen LogP contribution is -2.51. The smallest absolute Gasteiger partial charge is 0.120 e. The molecule has 0 aromatic carbocycles. The second-order valence-electron chi connectivity index (χ2n) is 14.8. The molecule has 38 heavy (non-hydrogen) atoms. The molecule has 7 fully saturated rings. The Kier molecular flexibility index (Phi) is 7.24. The lowest BCUT2D eigenvalue weighted by molar-refractivity contribution is -0.101. The first-order valence-electron chi connectivity index (χ1n) is 15.8. The third kappa shape index (κ3) is 4.78. The van der Waals surface area contributed by atoms with Crippen molar-refractivity contribution in [3.05, 3.63) is 35.5 Å². The van der Waals surface area contributed by atoms with Gasteiger partial charge in [0.15, 0.2) is 0 Å². The van der Waals surface area contributed by atoms with Gasteiger partial charge in [0, 0.05) is 18.3 Å². The van der Waals surface area contributed by atoms with E-state index in [0.717, 1.165) is 41.7 Å². The van der Waals surface area contributed by atoms with Crippen LogP contribution >= 0.6 is 0 Å². The molecule has 0 spiro atoms. The molecule has 7 rings (SSSR count). The van der Waals surface area contributed by atoms with Crippen molar-refractivity contribution in [3.63, 3.8) is 0 Å². The van der Waals surface area contributed by atoms with Gasteiger partial charge in [-0.3, -0.25) is 0 Å². The van der Waals surface area contributed by atoms with E-state index in [1.54, 1.807) is 5.57 Å². The maximum atomic E-state index is 11.3. The molecule has 0 amide bonds. The van der Waals surface area contributed by atoms with E-state index in [4.69, 9.17) is 0 Å². The standard InChI is InChI=1S/C35H50O3/c1-22(6-4-8-33(38)35-19-24-14-25(20-35)16-26(15-24)21-35)30-11-12-31-27(7-5-13-34(30,31)3)9-10-28-17-29(36)18-32(37)23(28)2/h9-10,22,24-26,29-33,36-38H,2,5-7,11-21H2,1,3H3/b27-9+,28-10-/t22-,24?,25?,26?,29-,30-,31+,32+,33-,34-,35?/m1/s1. The van der Waals surface area contributed by atoms with E-state index < -0.39 is 18.3 Å². The fourth-order valence-electron chi connectivity index (χ4n) is 10.8. The van der Waals surface area contributed by atoms with Crippen LogP contribution in [0.1, 0.15) is 104 Å². The number of allylic oxidation sites excluding steroid dienone is 3. The van der Waals surface area contributed by atoms with Crippen LogP contribution in [-0.2, 0) is 0 Å². The van der Waals surface area contributed by atoms with E-state index in [1.165, 1.54) is 64.2 Å². The van der Waals surface area contributed by atoms with Crippen LogP contribution in [0.5, 0.6) is 0 Å². The van der Waals surface area contributed by atoms with Gasteiger partial charge in [-0.2, -0.15) is 0 Å². The van der Waals surface area contributed by atoms with Crippen molar-refractivity contribution in [2.45, 2.75) is 122 Å². The first kappa shape index (κ1) is 26.9. The average Bonchev–Trinajstić information content (AvgIpc) is 3.22. The molecular weight excluding hydrogens is 468 g/mol. The van der Waals surface area contributed by atoms with Gasteiger partial charge in [-0.25, -0.2) is 0 Å². The summed E-state index contributed by atoms with van der Waals surface area (Å²) >= 11 is 0. The third-order valence-electron chi connectivity index (χ3n) is 12.3. The number of fused-ring (bicyclic) bond motifs is 1. The summed E-state index contributed by atoms with van der Waals surface area (Å²) in [6, 6.07) is 0. The molecule has 0 radical (unpaired) electrons. The predicted molar refractivity (Wildman–Crippen MR) is 153 cm³/mol. The van der Waals surface area contributed by atoms with Crippen LogP contribution in [0.15, 0.2) is 35.5 Å². The van der Waals surface area contributed by atoms with E-state index in [2.05, 4.69) is 44.4 Å². The molecule has 0 saturated heterocycles. The number of rotatable bonds is 4. The summed E-state index contributed by atoms with van der Waals surface area (Å²) in [5.41, 5.74) is 3.74. The Labute approximate surface area is 230 Å². The van der Waals surface area contributed by atoms with Crippen molar-refractivity contribution in [1.29, 1.82) is 0 Å². The van der Waals surface area contributed by atoms with Gasteiger partial charge in [0.2, 0.25) is 0 Å². The van der Waals surface area contributed by atoms with Crippen molar-refractivity contribution in [3.8, 4) is 11.8 Å². The van der Waals surface area contributed by atoms with E-state index in [-0.39, 0.29) is 5.41 Å². The summed E-state index contributed by atoms with van der Waals surface area (Å²) in [5, 5.41) is 31.6. The van der Waals surface area contributed by atoms with Gasteiger partial charge in [-0.15, -0.1) is 5.92 Å². The van der Waals surface area contributed by atoms with E-state index in [9.17, 15) is 15.3 Å². The largest absolute Gasteiger partial charge is 0.393 e. The van der Waals surface area contributed by atoms with E-state index in [1.807, 2.05) is 0 Å². The van der Waals surface area contributed by atoms with E-state index in [0.29, 0.717) is 36.0 Å². The Morgan fingerprint density at radius 1 is 1.03 bits per heavy atom. The zero-order chi connectivity index (χ0) is 26.7. The molecule has 0 aromatic heterocycles. The SMILES string of the molecule is C=C1/C(=C\C=C2/CCC[C@]3(C)[C@@H]([C@H](C)CC#C[C@@H](O)C45CC6CC(CC(C6)C4)C5)CC[C@@H]23)C[C@@H](O)C[C@@H]1O. The lowest BCUT2D eigenvalue weighted by Gasteiger charge is -2.57. The van der Waals surface area contributed by atoms with Crippen LogP contribution < -0.4 is 0 Å². The topological polar surface area (TPSA) is 60.7 Å². The summed E-state index contributed by atoms with van der Waals surface area (Å²) in [7, 11) is 0. The molecule has 0 aromatic rings. The molecule has 0 heterocycles. The summed E-state index contributed by atoms with van der Waals surface area (Å²) in [6.45, 7) is 9.02. The summed E-state index contributed by atoms with van der Waals surface area (Å²) in [5.74, 6) is 11.3. The molecule has 3 heteroatoms. The number of aliphatic hydroxyl groups excluding tert-OH is 3. The van der Waals surface area contributed by atoms with Gasteiger partial charge in [0.25, 0.3) is 0 Å². The second kappa shape index (κ2) is 10.2. The normalized spacial score (nSPS) is 47.6. The Morgan fingerprint density at radius 3 is 2.39 bits per heavy atom. The molecule has 7 atom stereocenters. The number of hydrogen-bond acceptors (Lipinski definition) is 3. The van der Waals surface area contributed by atoms with Crippen LogP contribution in [0, 0.1) is 58.2 Å².